The molecule has 0 bridgehead atoms. The number of non-ortho nitro benzene ring substituents is 1. The van der Waals surface area contributed by atoms with Crippen LogP contribution in [-0.2, 0) is 21.2 Å². The Bertz CT molecular complexity index is 991. The minimum absolute atomic E-state index is 0.220. The van der Waals surface area contributed by atoms with E-state index in [2.05, 4.69) is 4.74 Å². The third-order valence-corrected chi connectivity index (χ3v) is 5.04. The second kappa shape index (κ2) is 8.45. The summed E-state index contributed by atoms with van der Waals surface area (Å²) in [5.41, 5.74) is 0.0991. The molecule has 0 fully saturated rings. The van der Waals surface area contributed by atoms with E-state index in [1.165, 1.54) is 12.1 Å². The van der Waals surface area contributed by atoms with E-state index in [4.69, 9.17) is 0 Å². The fourth-order valence-corrected chi connectivity index (χ4v) is 3.43. The molecule has 0 saturated carbocycles. The van der Waals surface area contributed by atoms with Crippen molar-refractivity contribution in [3.8, 4) is 5.75 Å². The molecule has 0 radical (unpaired) electrons. The fraction of sp³-hybridized carbons (Fsp3) is 0.188. The van der Waals surface area contributed by atoms with Crippen LogP contribution in [0.25, 0.3) is 0 Å². The molecule has 13 heteroatoms. The van der Waals surface area contributed by atoms with E-state index < -0.39 is 44.0 Å². The van der Waals surface area contributed by atoms with E-state index in [9.17, 15) is 41.6 Å². The Hall–Kier alpha value is -3.19. The topological polar surface area (TPSA) is 136 Å². The Labute approximate surface area is 161 Å². The summed E-state index contributed by atoms with van der Waals surface area (Å²) in [4.78, 5) is 20.9. The third kappa shape index (κ3) is 6.43. The monoisotopic (exact) mass is 434 g/mol. The molecule has 0 amide bonds. The molecule has 0 heterocycles. The van der Waals surface area contributed by atoms with Gasteiger partial charge in [0.15, 0.2) is 0 Å². The maximum Gasteiger partial charge on any atom is 0.573 e. The number of rotatable bonds is 8. The van der Waals surface area contributed by atoms with Gasteiger partial charge in [-0.05, 0) is 36.2 Å². The van der Waals surface area contributed by atoms with Crippen molar-refractivity contribution in [2.75, 3.05) is 0 Å². The standard InChI is InChI=1S/C16H13F3N2O7S/c17-16(18,19)28-12-5-7-13(8-6-12)29(26,27)20-14(15(22)23)9-10-1-3-11(4-2-10)21(24)25/h1-8,14,20H,9H2,(H,22,23)/t14-/m0/s1. The Morgan fingerprint density at radius 1 is 1.14 bits per heavy atom. The third-order valence-electron chi connectivity index (χ3n) is 3.55. The van der Waals surface area contributed by atoms with Gasteiger partial charge >= 0.3 is 12.3 Å². The molecule has 0 aliphatic rings. The van der Waals surface area contributed by atoms with E-state index in [-0.39, 0.29) is 12.1 Å². The van der Waals surface area contributed by atoms with Crippen LogP contribution in [0, 0.1) is 10.1 Å². The van der Waals surface area contributed by atoms with E-state index in [1.54, 1.807) is 0 Å². The van der Waals surface area contributed by atoms with Gasteiger partial charge in [-0.15, -0.1) is 13.2 Å². The summed E-state index contributed by atoms with van der Waals surface area (Å²) in [6, 6.07) is 6.43. The van der Waals surface area contributed by atoms with E-state index in [0.29, 0.717) is 5.56 Å². The molecule has 29 heavy (non-hydrogen) atoms. The molecule has 0 saturated heterocycles. The van der Waals surface area contributed by atoms with Gasteiger partial charge in [0, 0.05) is 12.1 Å². The van der Waals surface area contributed by atoms with Gasteiger partial charge in [-0.2, -0.15) is 4.72 Å². The zero-order chi connectivity index (χ0) is 21.8. The lowest BCUT2D eigenvalue weighted by Crippen LogP contribution is -2.42. The molecule has 1 atom stereocenters. The number of carboxylic acid groups (broad SMARTS) is 1. The van der Waals surface area contributed by atoms with Crippen molar-refractivity contribution in [3.63, 3.8) is 0 Å². The number of ether oxygens (including phenoxy) is 1. The van der Waals surface area contributed by atoms with Crippen LogP contribution >= 0.6 is 0 Å². The van der Waals surface area contributed by atoms with E-state index in [1.807, 2.05) is 4.72 Å². The maximum absolute atomic E-state index is 12.4. The van der Waals surface area contributed by atoms with E-state index >= 15 is 0 Å². The van der Waals surface area contributed by atoms with Gasteiger partial charge < -0.3 is 9.84 Å². The number of carbonyl (C=O) groups is 1. The molecule has 156 valence electrons. The molecule has 2 rings (SSSR count). The van der Waals surface area contributed by atoms with Crippen molar-refractivity contribution >= 4 is 21.7 Å². The summed E-state index contributed by atoms with van der Waals surface area (Å²) in [6.45, 7) is 0. The lowest BCUT2D eigenvalue weighted by molar-refractivity contribution is -0.384. The summed E-state index contributed by atoms with van der Waals surface area (Å²) < 4.78 is 66.7. The van der Waals surface area contributed by atoms with Gasteiger partial charge in [-0.1, -0.05) is 12.1 Å². The molecule has 2 aromatic rings. The second-order valence-corrected chi connectivity index (χ2v) is 7.37. The summed E-state index contributed by atoms with van der Waals surface area (Å²) in [5.74, 6) is -2.15. The highest BCUT2D eigenvalue weighted by Gasteiger charge is 2.31. The van der Waals surface area contributed by atoms with E-state index in [0.717, 1.165) is 36.4 Å². The van der Waals surface area contributed by atoms with Gasteiger partial charge in [0.2, 0.25) is 10.0 Å². The van der Waals surface area contributed by atoms with Crippen LogP contribution < -0.4 is 9.46 Å². The first-order valence-electron chi connectivity index (χ1n) is 7.72. The van der Waals surface area contributed by atoms with Crippen molar-refractivity contribution in [2.45, 2.75) is 23.7 Å². The average molecular weight is 434 g/mol. The van der Waals surface area contributed by atoms with Crippen LogP contribution in [0.3, 0.4) is 0 Å². The van der Waals surface area contributed by atoms with Crippen molar-refractivity contribution < 1.29 is 41.2 Å². The second-order valence-electron chi connectivity index (χ2n) is 5.66. The van der Waals surface area contributed by atoms with Gasteiger partial charge in [0.05, 0.1) is 9.82 Å². The maximum atomic E-state index is 12.4. The van der Waals surface area contributed by atoms with Crippen molar-refractivity contribution in [1.29, 1.82) is 0 Å². The number of hydrogen-bond acceptors (Lipinski definition) is 6. The van der Waals surface area contributed by atoms with Gasteiger partial charge in [-0.25, -0.2) is 8.42 Å². The minimum atomic E-state index is -4.95. The average Bonchev–Trinajstić information content (AvgIpc) is 2.60. The predicted octanol–water partition coefficient (Wildman–Crippen LogP) is 2.47. The molecular weight excluding hydrogens is 421 g/mol. The van der Waals surface area contributed by atoms with Crippen LogP contribution in [0.2, 0.25) is 0 Å². The Morgan fingerprint density at radius 2 is 1.69 bits per heavy atom. The number of nitro benzene ring substituents is 1. The van der Waals surface area contributed by atoms with Gasteiger partial charge in [-0.3, -0.25) is 14.9 Å². The zero-order valence-corrected chi connectivity index (χ0v) is 15.1. The first-order chi connectivity index (χ1) is 13.4. The molecule has 9 nitrogen and oxygen atoms in total. The van der Waals surface area contributed by atoms with Crippen LogP contribution in [0.4, 0.5) is 18.9 Å². The number of nitrogens with zero attached hydrogens (tertiary/aromatic N) is 1. The number of nitro groups is 1. The predicted molar refractivity (Wildman–Crippen MR) is 91.7 cm³/mol. The summed E-state index contributed by atoms with van der Waals surface area (Å²) >= 11 is 0. The number of nitrogens with one attached hydrogen (secondary N) is 1. The zero-order valence-electron chi connectivity index (χ0n) is 14.3. The quantitative estimate of drug-likeness (QED) is 0.481. The number of sulfonamides is 1. The Kier molecular flexibility index (Phi) is 6.44. The number of alkyl halides is 3. The van der Waals surface area contributed by atoms with Gasteiger partial charge in [0.1, 0.15) is 11.8 Å². The molecule has 0 aromatic heterocycles. The number of halogens is 3. The van der Waals surface area contributed by atoms with Crippen LogP contribution in [0.15, 0.2) is 53.4 Å². The first-order valence-corrected chi connectivity index (χ1v) is 9.20. The molecule has 0 unspecified atom stereocenters. The van der Waals surface area contributed by atoms with Crippen LogP contribution in [-0.4, -0.2) is 36.8 Å². The molecule has 0 aliphatic carbocycles. The molecule has 0 spiro atoms. The van der Waals surface area contributed by atoms with Gasteiger partial charge in [0.25, 0.3) is 5.69 Å². The fourth-order valence-electron chi connectivity index (χ4n) is 2.24. The smallest absolute Gasteiger partial charge is 0.480 e. The lowest BCUT2D eigenvalue weighted by atomic mass is 10.1. The summed E-state index contributed by atoms with van der Waals surface area (Å²) in [6.07, 6.45) is -5.26. The molecule has 0 aliphatic heterocycles. The molecular formula is C16H13F3N2O7S. The summed E-state index contributed by atoms with van der Waals surface area (Å²) in [7, 11) is -4.38. The molecule has 2 aromatic carbocycles. The molecule has 2 N–H and O–H groups in total. The number of hydrogen-bond donors (Lipinski definition) is 2. The SMILES string of the molecule is O=C(O)[C@H](Cc1ccc([N+](=O)[O-])cc1)NS(=O)(=O)c1ccc(OC(F)(F)F)cc1. The van der Waals surface area contributed by atoms with Crippen molar-refractivity contribution in [3.05, 3.63) is 64.2 Å². The highest BCUT2D eigenvalue weighted by molar-refractivity contribution is 7.89. The van der Waals surface area contributed by atoms with Crippen LogP contribution in [0.5, 0.6) is 5.75 Å². The normalized spacial score (nSPS) is 12.9. The van der Waals surface area contributed by atoms with Crippen LogP contribution in [0.1, 0.15) is 5.56 Å². The highest BCUT2D eigenvalue weighted by atomic mass is 32.2. The number of aliphatic carboxylic acids is 1. The largest absolute Gasteiger partial charge is 0.573 e. The van der Waals surface area contributed by atoms with Crippen molar-refractivity contribution in [2.24, 2.45) is 0 Å². The minimum Gasteiger partial charge on any atom is -0.480 e. The summed E-state index contributed by atoms with van der Waals surface area (Å²) in [5, 5.41) is 19.9. The highest BCUT2D eigenvalue weighted by Crippen LogP contribution is 2.24. The number of benzene rings is 2. The van der Waals surface area contributed by atoms with Crippen molar-refractivity contribution in [1.82, 2.24) is 4.72 Å². The first kappa shape index (κ1) is 22.1. The Morgan fingerprint density at radius 3 is 2.14 bits per heavy atom. The lowest BCUT2D eigenvalue weighted by Gasteiger charge is -2.15. The Balaban J connectivity index is 2.16. The number of carboxylic acids is 1.